The van der Waals surface area contributed by atoms with Crippen molar-refractivity contribution in [1.82, 2.24) is 4.57 Å². The van der Waals surface area contributed by atoms with Gasteiger partial charge in [-0.2, -0.15) is 0 Å². The minimum atomic E-state index is -0.0732. The van der Waals surface area contributed by atoms with Crippen LogP contribution in [0.5, 0.6) is 5.75 Å². The van der Waals surface area contributed by atoms with Crippen molar-refractivity contribution in [2.45, 2.75) is 25.2 Å². The molecule has 1 heterocycles. The summed E-state index contributed by atoms with van der Waals surface area (Å²) >= 11 is 3.64. The lowest BCUT2D eigenvalue weighted by molar-refractivity contribution is 0.414. The first-order valence-electron chi connectivity index (χ1n) is 9.06. The number of aromatic nitrogens is 1. The fourth-order valence-electron chi connectivity index (χ4n) is 3.46. The third-order valence-electron chi connectivity index (χ3n) is 4.90. The van der Waals surface area contributed by atoms with Gasteiger partial charge in [-0.25, -0.2) is 0 Å². The van der Waals surface area contributed by atoms with Crippen LogP contribution in [0.2, 0.25) is 0 Å². The number of fused-ring (bicyclic) bond motifs is 1. The van der Waals surface area contributed by atoms with Gasteiger partial charge in [0.2, 0.25) is 0 Å². The number of halogens is 1. The van der Waals surface area contributed by atoms with Crippen molar-refractivity contribution < 1.29 is 4.74 Å². The van der Waals surface area contributed by atoms with E-state index < -0.39 is 0 Å². The number of alkyl halides is 1. The number of nitrogens with zero attached hydrogens (tertiary/aromatic N) is 1. The zero-order chi connectivity index (χ0) is 20.4. The number of benzene rings is 2. The molecule has 0 amide bonds. The zero-order valence-electron chi connectivity index (χ0n) is 16.5. The predicted molar refractivity (Wildman–Crippen MR) is 119 cm³/mol. The zero-order valence-corrected chi connectivity index (χ0v) is 18.1. The van der Waals surface area contributed by atoms with Gasteiger partial charge in [-0.05, 0) is 48.7 Å². The highest BCUT2D eigenvalue weighted by Gasteiger charge is 2.18. The molecule has 0 aliphatic heterocycles. The van der Waals surface area contributed by atoms with Crippen LogP contribution < -0.4 is 15.6 Å². The SMILES string of the molecule is COc1ccc(CNc2c(C=N)c3c(C(C)Br)cc(C)cc3c(=O)n2C)cc1. The van der Waals surface area contributed by atoms with Gasteiger partial charge in [0.05, 0.1) is 7.11 Å². The first-order valence-corrected chi connectivity index (χ1v) is 9.97. The van der Waals surface area contributed by atoms with Gasteiger partial charge in [0.25, 0.3) is 5.56 Å². The molecule has 0 aliphatic carbocycles. The predicted octanol–water partition coefficient (Wildman–Crippen LogP) is 4.92. The molecule has 6 heteroatoms. The molecular formula is C22H24BrN3O2. The van der Waals surface area contributed by atoms with E-state index in [1.165, 1.54) is 6.21 Å². The van der Waals surface area contributed by atoms with E-state index in [1.54, 1.807) is 18.7 Å². The van der Waals surface area contributed by atoms with Crippen molar-refractivity contribution in [2.24, 2.45) is 7.05 Å². The number of hydrogen-bond donors (Lipinski definition) is 2. The fourth-order valence-corrected chi connectivity index (χ4v) is 3.82. The van der Waals surface area contributed by atoms with Crippen LogP contribution in [0.15, 0.2) is 41.2 Å². The van der Waals surface area contributed by atoms with Gasteiger partial charge in [0.15, 0.2) is 0 Å². The normalized spacial score (nSPS) is 12.0. The molecular weight excluding hydrogens is 418 g/mol. The lowest BCUT2D eigenvalue weighted by Gasteiger charge is -2.19. The highest BCUT2D eigenvalue weighted by molar-refractivity contribution is 9.09. The quantitative estimate of drug-likeness (QED) is 0.421. The second-order valence-corrected chi connectivity index (χ2v) is 8.24. The number of methoxy groups -OCH3 is 1. The summed E-state index contributed by atoms with van der Waals surface area (Å²) < 4.78 is 6.79. The Labute approximate surface area is 173 Å². The van der Waals surface area contributed by atoms with E-state index in [0.29, 0.717) is 23.3 Å². The Morgan fingerprint density at radius 3 is 2.54 bits per heavy atom. The molecule has 0 saturated carbocycles. The van der Waals surface area contributed by atoms with Crippen molar-refractivity contribution in [3.63, 3.8) is 0 Å². The highest BCUT2D eigenvalue weighted by atomic mass is 79.9. The van der Waals surface area contributed by atoms with E-state index in [4.69, 9.17) is 10.1 Å². The van der Waals surface area contributed by atoms with E-state index in [-0.39, 0.29) is 10.4 Å². The smallest absolute Gasteiger partial charge is 0.259 e. The van der Waals surface area contributed by atoms with Crippen LogP contribution in [-0.2, 0) is 13.6 Å². The van der Waals surface area contributed by atoms with Gasteiger partial charge in [0, 0.05) is 41.0 Å². The van der Waals surface area contributed by atoms with Gasteiger partial charge in [0.1, 0.15) is 11.6 Å². The third kappa shape index (κ3) is 3.69. The van der Waals surface area contributed by atoms with Crippen molar-refractivity contribution in [3.05, 3.63) is 69.0 Å². The van der Waals surface area contributed by atoms with E-state index >= 15 is 0 Å². The lowest BCUT2D eigenvalue weighted by atomic mass is 9.96. The van der Waals surface area contributed by atoms with Crippen LogP contribution >= 0.6 is 15.9 Å². The van der Waals surface area contributed by atoms with Crippen molar-refractivity contribution >= 4 is 38.7 Å². The Kier molecular flexibility index (Phi) is 5.89. The van der Waals surface area contributed by atoms with E-state index in [2.05, 4.69) is 27.3 Å². The van der Waals surface area contributed by atoms with Crippen LogP contribution in [-0.4, -0.2) is 17.9 Å². The summed E-state index contributed by atoms with van der Waals surface area (Å²) in [7, 11) is 3.38. The number of hydrogen-bond acceptors (Lipinski definition) is 4. The number of rotatable bonds is 6. The number of anilines is 1. The maximum Gasteiger partial charge on any atom is 0.259 e. The minimum Gasteiger partial charge on any atom is -0.497 e. The first-order chi connectivity index (χ1) is 13.4. The summed E-state index contributed by atoms with van der Waals surface area (Å²) in [5.41, 5.74) is 3.74. The minimum absolute atomic E-state index is 0.0649. The van der Waals surface area contributed by atoms with Gasteiger partial charge in [-0.3, -0.25) is 9.36 Å². The number of aryl methyl sites for hydroxylation is 1. The molecule has 1 aromatic heterocycles. The Hall–Kier alpha value is -2.60. The summed E-state index contributed by atoms with van der Waals surface area (Å²) in [6.07, 6.45) is 1.33. The summed E-state index contributed by atoms with van der Waals surface area (Å²) in [4.78, 5) is 13.1. The summed E-state index contributed by atoms with van der Waals surface area (Å²) in [5, 5.41) is 12.9. The molecule has 0 fully saturated rings. The van der Waals surface area contributed by atoms with Crippen LogP contribution in [0.4, 0.5) is 5.82 Å². The third-order valence-corrected chi connectivity index (χ3v) is 5.39. The number of pyridine rings is 1. The van der Waals surface area contributed by atoms with E-state index in [1.807, 2.05) is 44.2 Å². The van der Waals surface area contributed by atoms with Gasteiger partial charge < -0.3 is 15.5 Å². The van der Waals surface area contributed by atoms with Crippen molar-refractivity contribution in [1.29, 1.82) is 5.41 Å². The molecule has 0 aliphatic rings. The monoisotopic (exact) mass is 441 g/mol. The molecule has 146 valence electrons. The van der Waals surface area contributed by atoms with Gasteiger partial charge in [-0.15, -0.1) is 0 Å². The molecule has 3 rings (SSSR count). The van der Waals surface area contributed by atoms with E-state index in [9.17, 15) is 4.79 Å². The summed E-state index contributed by atoms with van der Waals surface area (Å²) in [6.45, 7) is 4.55. The Bertz CT molecular complexity index is 1090. The van der Waals surface area contributed by atoms with Crippen LogP contribution in [0.1, 0.15) is 34.0 Å². The second-order valence-electron chi connectivity index (χ2n) is 6.87. The molecule has 28 heavy (non-hydrogen) atoms. The molecule has 0 saturated heterocycles. The molecule has 0 radical (unpaired) electrons. The highest BCUT2D eigenvalue weighted by Crippen LogP contribution is 2.33. The Morgan fingerprint density at radius 2 is 1.96 bits per heavy atom. The van der Waals surface area contributed by atoms with Gasteiger partial charge in [-0.1, -0.05) is 34.1 Å². The van der Waals surface area contributed by atoms with Crippen molar-refractivity contribution in [3.8, 4) is 5.75 Å². The fraction of sp³-hybridized carbons (Fsp3) is 0.273. The van der Waals surface area contributed by atoms with E-state index in [0.717, 1.165) is 27.8 Å². The standard InChI is InChI=1S/C22H24BrN3O2/c1-13-9-17(14(2)23)20-18(10-13)22(27)26(3)21(19(20)11-24)25-12-15-5-7-16(28-4)8-6-15/h5-11,14,24-25H,12H2,1-4H3. The molecule has 1 unspecified atom stereocenters. The largest absolute Gasteiger partial charge is 0.497 e. The Balaban J connectivity index is 2.15. The molecule has 1 atom stereocenters. The summed E-state index contributed by atoms with van der Waals surface area (Å²) in [5.74, 6) is 1.44. The van der Waals surface area contributed by atoms with Crippen LogP contribution in [0.25, 0.3) is 10.8 Å². The number of nitrogens with one attached hydrogen (secondary N) is 2. The maximum absolute atomic E-state index is 13.1. The average Bonchev–Trinajstić information content (AvgIpc) is 2.69. The van der Waals surface area contributed by atoms with Crippen LogP contribution in [0, 0.1) is 12.3 Å². The molecule has 0 spiro atoms. The first kappa shape index (κ1) is 20.1. The maximum atomic E-state index is 13.1. The summed E-state index contributed by atoms with van der Waals surface area (Å²) in [6, 6.07) is 11.7. The Morgan fingerprint density at radius 1 is 1.29 bits per heavy atom. The molecule has 2 aromatic carbocycles. The van der Waals surface area contributed by atoms with Crippen LogP contribution in [0.3, 0.4) is 0 Å². The van der Waals surface area contributed by atoms with Gasteiger partial charge >= 0.3 is 0 Å². The molecule has 3 aromatic rings. The second kappa shape index (κ2) is 8.19. The topological polar surface area (TPSA) is 67.1 Å². The van der Waals surface area contributed by atoms with Crippen molar-refractivity contribution in [2.75, 3.05) is 12.4 Å². The number of ether oxygens (including phenoxy) is 1. The molecule has 5 nitrogen and oxygen atoms in total. The molecule has 2 N–H and O–H groups in total. The molecule has 0 bridgehead atoms. The average molecular weight is 442 g/mol. The lowest BCUT2D eigenvalue weighted by Crippen LogP contribution is -2.23.